The highest BCUT2D eigenvalue weighted by atomic mass is 32.1. The van der Waals surface area contributed by atoms with Gasteiger partial charge in [0.25, 0.3) is 0 Å². The standard InChI is InChI=1S/C14H22N4S/c1-3-18-8-4-5-12(18)10-16-14(19)17-13-9-11(2)6-7-15-13/h6-7,9,12H,3-5,8,10H2,1-2H3,(H2,15,16,17,19). The molecule has 4 nitrogen and oxygen atoms in total. The predicted octanol–water partition coefficient (Wildman–Crippen LogP) is 2.16. The van der Waals surface area contributed by atoms with Gasteiger partial charge in [0.2, 0.25) is 0 Å². The van der Waals surface area contributed by atoms with E-state index in [4.69, 9.17) is 12.2 Å². The Balaban J connectivity index is 1.78. The normalized spacial score (nSPS) is 19.4. The molecule has 1 fully saturated rings. The lowest BCUT2D eigenvalue weighted by atomic mass is 10.2. The Labute approximate surface area is 120 Å². The van der Waals surface area contributed by atoms with Crippen LogP contribution in [0.1, 0.15) is 25.3 Å². The lowest BCUT2D eigenvalue weighted by Crippen LogP contribution is -2.41. The number of aromatic nitrogens is 1. The second-order valence-electron chi connectivity index (χ2n) is 4.98. The van der Waals surface area contributed by atoms with E-state index >= 15 is 0 Å². The Bertz CT molecular complexity index is 435. The number of pyridine rings is 1. The van der Waals surface area contributed by atoms with Crippen LogP contribution in [-0.2, 0) is 0 Å². The number of likely N-dealkylation sites (tertiary alicyclic amines) is 1. The lowest BCUT2D eigenvalue weighted by Gasteiger charge is -2.23. The number of nitrogens with one attached hydrogen (secondary N) is 2. The van der Waals surface area contributed by atoms with Crippen LogP contribution in [0, 0.1) is 6.92 Å². The maximum atomic E-state index is 5.31. The molecule has 1 atom stereocenters. The third kappa shape index (κ3) is 4.14. The number of nitrogens with zero attached hydrogens (tertiary/aromatic N) is 2. The largest absolute Gasteiger partial charge is 0.361 e. The molecule has 0 spiro atoms. The summed E-state index contributed by atoms with van der Waals surface area (Å²) in [4.78, 5) is 6.74. The fourth-order valence-electron chi connectivity index (χ4n) is 2.52. The molecule has 0 amide bonds. The highest BCUT2D eigenvalue weighted by Crippen LogP contribution is 2.15. The van der Waals surface area contributed by atoms with Crippen molar-refractivity contribution in [1.82, 2.24) is 15.2 Å². The van der Waals surface area contributed by atoms with Crippen molar-refractivity contribution in [2.75, 3.05) is 25.0 Å². The molecule has 104 valence electrons. The molecule has 2 heterocycles. The molecular formula is C14H22N4S. The summed E-state index contributed by atoms with van der Waals surface area (Å²) >= 11 is 5.31. The number of hydrogen-bond acceptors (Lipinski definition) is 3. The van der Waals surface area contributed by atoms with Crippen LogP contribution < -0.4 is 10.6 Å². The lowest BCUT2D eigenvalue weighted by molar-refractivity contribution is 0.267. The van der Waals surface area contributed by atoms with Gasteiger partial charge in [-0.25, -0.2) is 4.98 Å². The number of aryl methyl sites for hydroxylation is 1. The molecule has 0 bridgehead atoms. The van der Waals surface area contributed by atoms with Crippen LogP contribution in [0.25, 0.3) is 0 Å². The molecule has 5 heteroatoms. The first kappa shape index (κ1) is 14.2. The van der Waals surface area contributed by atoms with Crippen molar-refractivity contribution < 1.29 is 0 Å². The number of anilines is 1. The number of likely N-dealkylation sites (N-methyl/N-ethyl adjacent to an activating group) is 1. The van der Waals surface area contributed by atoms with Crippen molar-refractivity contribution in [3.63, 3.8) is 0 Å². The summed E-state index contributed by atoms with van der Waals surface area (Å²) in [6.45, 7) is 7.49. The van der Waals surface area contributed by atoms with Gasteiger partial charge in [0.05, 0.1) is 0 Å². The Hall–Kier alpha value is -1.20. The van der Waals surface area contributed by atoms with E-state index in [-0.39, 0.29) is 0 Å². The maximum Gasteiger partial charge on any atom is 0.171 e. The van der Waals surface area contributed by atoms with E-state index in [1.165, 1.54) is 24.9 Å². The van der Waals surface area contributed by atoms with E-state index in [1.807, 2.05) is 19.1 Å². The van der Waals surface area contributed by atoms with Crippen LogP contribution in [0.2, 0.25) is 0 Å². The van der Waals surface area contributed by atoms with Gasteiger partial charge >= 0.3 is 0 Å². The minimum Gasteiger partial charge on any atom is -0.361 e. The van der Waals surface area contributed by atoms with E-state index in [9.17, 15) is 0 Å². The molecule has 2 rings (SSSR count). The van der Waals surface area contributed by atoms with E-state index in [2.05, 4.69) is 27.4 Å². The Morgan fingerprint density at radius 3 is 3.16 bits per heavy atom. The van der Waals surface area contributed by atoms with Crippen molar-refractivity contribution in [3.05, 3.63) is 23.9 Å². The van der Waals surface area contributed by atoms with E-state index in [0.29, 0.717) is 11.2 Å². The summed E-state index contributed by atoms with van der Waals surface area (Å²) in [5.41, 5.74) is 1.17. The molecule has 2 N–H and O–H groups in total. The minimum absolute atomic E-state index is 0.607. The van der Waals surface area contributed by atoms with Crippen LogP contribution in [0.3, 0.4) is 0 Å². The van der Waals surface area contributed by atoms with Gasteiger partial charge in [0.15, 0.2) is 5.11 Å². The molecule has 0 aromatic carbocycles. The Morgan fingerprint density at radius 1 is 1.58 bits per heavy atom. The number of rotatable bonds is 4. The second kappa shape index (κ2) is 6.82. The van der Waals surface area contributed by atoms with Crippen LogP contribution in [0.4, 0.5) is 5.82 Å². The molecule has 1 aliphatic heterocycles. The molecule has 1 aromatic rings. The van der Waals surface area contributed by atoms with Crippen molar-refractivity contribution in [2.45, 2.75) is 32.7 Å². The smallest absolute Gasteiger partial charge is 0.171 e. The fourth-order valence-corrected chi connectivity index (χ4v) is 2.71. The van der Waals surface area contributed by atoms with Crippen molar-refractivity contribution in [1.29, 1.82) is 0 Å². The van der Waals surface area contributed by atoms with E-state index < -0.39 is 0 Å². The van der Waals surface area contributed by atoms with Crippen LogP contribution in [-0.4, -0.2) is 40.7 Å². The molecule has 19 heavy (non-hydrogen) atoms. The summed E-state index contributed by atoms with van der Waals surface area (Å²) in [5.74, 6) is 0.802. The highest BCUT2D eigenvalue weighted by molar-refractivity contribution is 7.80. The predicted molar refractivity (Wildman–Crippen MR) is 83.5 cm³/mol. The zero-order chi connectivity index (χ0) is 13.7. The zero-order valence-corrected chi connectivity index (χ0v) is 12.5. The molecule has 0 aliphatic carbocycles. The molecule has 0 saturated carbocycles. The van der Waals surface area contributed by atoms with Gasteiger partial charge in [0, 0.05) is 18.8 Å². The topological polar surface area (TPSA) is 40.2 Å². The summed E-state index contributed by atoms with van der Waals surface area (Å²) in [6.07, 6.45) is 4.34. The maximum absolute atomic E-state index is 5.31. The van der Waals surface area contributed by atoms with Crippen molar-refractivity contribution >= 4 is 23.1 Å². The average Bonchev–Trinajstić information content (AvgIpc) is 2.83. The molecular weight excluding hydrogens is 256 g/mol. The Morgan fingerprint density at radius 2 is 2.42 bits per heavy atom. The first-order valence-corrected chi connectivity index (χ1v) is 7.31. The SMILES string of the molecule is CCN1CCCC1CNC(=S)Nc1cc(C)ccn1. The summed E-state index contributed by atoms with van der Waals surface area (Å²) in [7, 11) is 0. The van der Waals surface area contributed by atoms with Gasteiger partial charge in [-0.05, 0) is 62.8 Å². The zero-order valence-electron chi connectivity index (χ0n) is 11.6. The quantitative estimate of drug-likeness (QED) is 0.826. The molecule has 1 aliphatic rings. The van der Waals surface area contributed by atoms with Crippen LogP contribution in [0.15, 0.2) is 18.3 Å². The molecule has 0 radical (unpaired) electrons. The minimum atomic E-state index is 0.607. The first-order chi connectivity index (χ1) is 9.19. The second-order valence-corrected chi connectivity index (χ2v) is 5.39. The van der Waals surface area contributed by atoms with Gasteiger partial charge in [-0.3, -0.25) is 4.90 Å². The molecule has 1 unspecified atom stereocenters. The van der Waals surface area contributed by atoms with Crippen molar-refractivity contribution in [2.24, 2.45) is 0 Å². The number of hydrogen-bond donors (Lipinski definition) is 2. The molecule has 1 saturated heterocycles. The average molecular weight is 278 g/mol. The van der Waals surface area contributed by atoms with Crippen LogP contribution in [0.5, 0.6) is 0 Å². The monoisotopic (exact) mass is 278 g/mol. The first-order valence-electron chi connectivity index (χ1n) is 6.90. The third-order valence-electron chi connectivity index (χ3n) is 3.56. The van der Waals surface area contributed by atoms with Crippen LogP contribution >= 0.6 is 12.2 Å². The Kier molecular flexibility index (Phi) is 5.10. The third-order valence-corrected chi connectivity index (χ3v) is 3.81. The summed E-state index contributed by atoms with van der Waals surface area (Å²) in [5, 5.41) is 7.08. The van der Waals surface area contributed by atoms with Crippen molar-refractivity contribution in [3.8, 4) is 0 Å². The van der Waals surface area contributed by atoms with Gasteiger partial charge in [0.1, 0.15) is 5.82 Å². The summed E-state index contributed by atoms with van der Waals surface area (Å²) in [6, 6.07) is 4.57. The fraction of sp³-hybridized carbons (Fsp3) is 0.571. The van der Waals surface area contributed by atoms with E-state index in [1.54, 1.807) is 6.20 Å². The van der Waals surface area contributed by atoms with E-state index in [0.717, 1.165) is 18.9 Å². The van der Waals surface area contributed by atoms with Gasteiger partial charge in [-0.15, -0.1) is 0 Å². The highest BCUT2D eigenvalue weighted by Gasteiger charge is 2.22. The number of thiocarbonyl (C=S) groups is 1. The van der Waals surface area contributed by atoms with Gasteiger partial charge in [-0.2, -0.15) is 0 Å². The molecule has 1 aromatic heterocycles. The summed E-state index contributed by atoms with van der Waals surface area (Å²) < 4.78 is 0. The van der Waals surface area contributed by atoms with Gasteiger partial charge in [-0.1, -0.05) is 6.92 Å². The van der Waals surface area contributed by atoms with Gasteiger partial charge < -0.3 is 10.6 Å².